The summed E-state index contributed by atoms with van der Waals surface area (Å²) in [5, 5.41) is 27.0. The van der Waals surface area contributed by atoms with Crippen LogP contribution in [-0.2, 0) is 9.53 Å². The van der Waals surface area contributed by atoms with Crippen LogP contribution in [0.3, 0.4) is 0 Å². The number of carboxylic acid groups (broad SMARTS) is 1. The molecule has 1 aliphatic heterocycles. The Balaban J connectivity index is 2.07. The Hall–Kier alpha value is -0.950. The molecule has 15 heavy (non-hydrogen) atoms. The van der Waals surface area contributed by atoms with Crippen molar-refractivity contribution in [3.63, 3.8) is 0 Å². The number of carbonyl (C=O) groups is 1. The zero-order valence-electron chi connectivity index (χ0n) is 8.24. The van der Waals surface area contributed by atoms with Gasteiger partial charge in [0.25, 0.3) is 0 Å². The minimum absolute atomic E-state index is 0.0383. The first-order valence-electron chi connectivity index (χ1n) is 4.71. The van der Waals surface area contributed by atoms with Crippen molar-refractivity contribution in [3.05, 3.63) is 12.2 Å². The first-order valence-corrected chi connectivity index (χ1v) is 4.71. The second-order valence-electron chi connectivity index (χ2n) is 3.21. The molecule has 86 valence electrons. The summed E-state index contributed by atoms with van der Waals surface area (Å²) in [6, 6.07) is 0. The summed E-state index contributed by atoms with van der Waals surface area (Å²) in [5.74, 6) is -0.905. The second kappa shape index (κ2) is 5.82. The molecule has 0 aromatic heterocycles. The fraction of sp³-hybridized carbons (Fsp3) is 0.667. The van der Waals surface area contributed by atoms with Gasteiger partial charge in [-0.1, -0.05) is 0 Å². The van der Waals surface area contributed by atoms with E-state index in [2.05, 4.69) is 0 Å². The van der Waals surface area contributed by atoms with E-state index in [1.54, 1.807) is 0 Å². The largest absolute Gasteiger partial charge is 0.481 e. The Morgan fingerprint density at radius 1 is 1.27 bits per heavy atom. The number of aliphatic hydroxyl groups excluding tert-OH is 2. The third-order valence-corrected chi connectivity index (χ3v) is 2.09. The van der Waals surface area contributed by atoms with E-state index >= 15 is 0 Å². The fourth-order valence-electron chi connectivity index (χ4n) is 1.27. The van der Waals surface area contributed by atoms with Crippen molar-refractivity contribution in [2.45, 2.75) is 18.9 Å². The summed E-state index contributed by atoms with van der Waals surface area (Å²) in [7, 11) is 0. The lowest BCUT2D eigenvalue weighted by molar-refractivity contribution is -0.138. The van der Waals surface area contributed by atoms with Gasteiger partial charge in [0.15, 0.2) is 0 Å². The Morgan fingerprint density at radius 3 is 2.40 bits per heavy atom. The van der Waals surface area contributed by atoms with Crippen LogP contribution in [-0.4, -0.2) is 58.4 Å². The van der Waals surface area contributed by atoms with Gasteiger partial charge in [-0.25, -0.2) is 4.90 Å². The minimum Gasteiger partial charge on any atom is -0.481 e. The molecule has 1 rings (SSSR count). The number of ether oxygens (including phenoxy) is 1. The molecule has 0 saturated carbocycles. The van der Waals surface area contributed by atoms with Crippen LogP contribution in [0.15, 0.2) is 12.2 Å². The van der Waals surface area contributed by atoms with Gasteiger partial charge in [0.05, 0.1) is 19.6 Å². The molecular formula is C9H15NO5. The highest BCUT2D eigenvalue weighted by Crippen LogP contribution is 2.11. The third-order valence-electron chi connectivity index (χ3n) is 2.09. The molecule has 6 heteroatoms. The van der Waals surface area contributed by atoms with Gasteiger partial charge in [-0.3, -0.25) is 4.79 Å². The first-order chi connectivity index (χ1) is 7.11. The molecule has 2 atom stereocenters. The second-order valence-corrected chi connectivity index (χ2v) is 3.21. The van der Waals surface area contributed by atoms with E-state index in [4.69, 9.17) is 9.84 Å². The van der Waals surface area contributed by atoms with Gasteiger partial charge in [0.1, 0.15) is 12.5 Å². The topological polar surface area (TPSA) is 90.2 Å². The molecule has 2 unspecified atom stereocenters. The average Bonchev–Trinajstić information content (AvgIpc) is 2.47. The molecule has 0 fully saturated rings. The maximum atomic E-state index is 10.1. The van der Waals surface area contributed by atoms with Gasteiger partial charge in [-0.05, 0) is 12.2 Å². The SMILES string of the molecule is O=C(O)CCOCCN1C(O)C=CC1O. The standard InChI is InChI=1S/C9H15NO5/c11-7-1-2-8(12)10(7)4-6-15-5-3-9(13)14/h1-2,7-8,11-12H,3-6H2,(H,13,14). The predicted octanol–water partition coefficient (Wildman–Crippen LogP) is -1.01. The van der Waals surface area contributed by atoms with Crippen LogP contribution in [0.1, 0.15) is 6.42 Å². The Kier molecular flexibility index (Phi) is 4.70. The lowest BCUT2D eigenvalue weighted by atomic mass is 10.4. The quantitative estimate of drug-likeness (QED) is 0.390. The summed E-state index contributed by atoms with van der Waals surface area (Å²) in [6.07, 6.45) is 1.36. The van der Waals surface area contributed by atoms with Gasteiger partial charge >= 0.3 is 5.97 Å². The molecule has 0 aromatic rings. The normalized spacial score (nSPS) is 26.0. The first kappa shape index (κ1) is 12.1. The van der Waals surface area contributed by atoms with Gasteiger partial charge in [0, 0.05) is 6.54 Å². The summed E-state index contributed by atoms with van der Waals surface area (Å²) >= 11 is 0. The maximum Gasteiger partial charge on any atom is 0.305 e. The molecule has 0 aromatic carbocycles. The van der Waals surface area contributed by atoms with E-state index in [0.29, 0.717) is 6.54 Å². The van der Waals surface area contributed by atoms with E-state index in [9.17, 15) is 15.0 Å². The highest BCUT2D eigenvalue weighted by molar-refractivity contribution is 5.66. The summed E-state index contributed by atoms with van der Waals surface area (Å²) < 4.78 is 5.03. The molecule has 1 heterocycles. The molecule has 0 amide bonds. The zero-order chi connectivity index (χ0) is 11.3. The number of nitrogens with zero attached hydrogens (tertiary/aromatic N) is 1. The molecule has 3 N–H and O–H groups in total. The van der Waals surface area contributed by atoms with Gasteiger partial charge in [-0.15, -0.1) is 0 Å². The molecule has 1 aliphatic rings. The molecule has 0 aliphatic carbocycles. The van der Waals surface area contributed by atoms with E-state index in [1.807, 2.05) is 0 Å². The number of hydrogen-bond acceptors (Lipinski definition) is 5. The van der Waals surface area contributed by atoms with Crippen molar-refractivity contribution < 1.29 is 24.9 Å². The Morgan fingerprint density at radius 2 is 1.87 bits per heavy atom. The number of hydrogen-bond donors (Lipinski definition) is 3. The molecule has 6 nitrogen and oxygen atoms in total. The lowest BCUT2D eigenvalue weighted by Crippen LogP contribution is -2.39. The van der Waals surface area contributed by atoms with E-state index < -0.39 is 18.4 Å². The fourth-order valence-corrected chi connectivity index (χ4v) is 1.27. The highest BCUT2D eigenvalue weighted by atomic mass is 16.5. The maximum absolute atomic E-state index is 10.1. The van der Waals surface area contributed by atoms with Gasteiger partial charge < -0.3 is 20.1 Å². The van der Waals surface area contributed by atoms with Crippen LogP contribution < -0.4 is 0 Å². The minimum atomic E-state index is -0.905. The molecular weight excluding hydrogens is 202 g/mol. The highest BCUT2D eigenvalue weighted by Gasteiger charge is 2.24. The third kappa shape index (κ3) is 3.96. The van der Waals surface area contributed by atoms with Crippen molar-refractivity contribution >= 4 is 5.97 Å². The van der Waals surface area contributed by atoms with Crippen molar-refractivity contribution in [1.29, 1.82) is 0 Å². The van der Waals surface area contributed by atoms with Gasteiger partial charge in [0.2, 0.25) is 0 Å². The van der Waals surface area contributed by atoms with Gasteiger partial charge in [-0.2, -0.15) is 0 Å². The summed E-state index contributed by atoms with van der Waals surface area (Å²) in [6.45, 7) is 0.779. The van der Waals surface area contributed by atoms with Crippen LogP contribution in [0, 0.1) is 0 Å². The van der Waals surface area contributed by atoms with Crippen molar-refractivity contribution in [3.8, 4) is 0 Å². The monoisotopic (exact) mass is 217 g/mol. The van der Waals surface area contributed by atoms with E-state index in [1.165, 1.54) is 17.1 Å². The smallest absolute Gasteiger partial charge is 0.305 e. The Labute approximate surface area is 87.4 Å². The molecule has 0 radical (unpaired) electrons. The van der Waals surface area contributed by atoms with Crippen molar-refractivity contribution in [1.82, 2.24) is 4.90 Å². The molecule has 0 bridgehead atoms. The van der Waals surface area contributed by atoms with E-state index in [0.717, 1.165) is 0 Å². The number of rotatable bonds is 6. The van der Waals surface area contributed by atoms with E-state index in [-0.39, 0.29) is 19.6 Å². The predicted molar refractivity (Wildman–Crippen MR) is 50.9 cm³/mol. The zero-order valence-corrected chi connectivity index (χ0v) is 8.24. The van der Waals surface area contributed by atoms with Crippen LogP contribution in [0.4, 0.5) is 0 Å². The van der Waals surface area contributed by atoms with Crippen LogP contribution in [0.5, 0.6) is 0 Å². The van der Waals surface area contributed by atoms with Crippen LogP contribution in [0.25, 0.3) is 0 Å². The summed E-state index contributed by atoms with van der Waals surface area (Å²) in [4.78, 5) is 11.6. The average molecular weight is 217 g/mol. The number of carboxylic acids is 1. The summed E-state index contributed by atoms with van der Waals surface area (Å²) in [5.41, 5.74) is 0. The number of aliphatic hydroxyl groups is 2. The lowest BCUT2D eigenvalue weighted by Gasteiger charge is -2.23. The molecule has 0 spiro atoms. The van der Waals surface area contributed by atoms with Crippen molar-refractivity contribution in [2.24, 2.45) is 0 Å². The Bertz CT molecular complexity index is 231. The number of aliphatic carboxylic acids is 1. The molecule has 0 saturated heterocycles. The van der Waals surface area contributed by atoms with Crippen molar-refractivity contribution in [2.75, 3.05) is 19.8 Å². The van der Waals surface area contributed by atoms with Crippen LogP contribution in [0.2, 0.25) is 0 Å². The van der Waals surface area contributed by atoms with Crippen LogP contribution >= 0.6 is 0 Å².